The van der Waals surface area contributed by atoms with Crippen molar-refractivity contribution >= 4 is 37.5 Å². The lowest BCUT2D eigenvalue weighted by atomic mass is 10.1. The van der Waals surface area contributed by atoms with E-state index < -0.39 is 10.0 Å². The molecule has 7 heteroatoms. The Bertz CT molecular complexity index is 828. The molecule has 0 atom stereocenters. The normalized spacial score (nSPS) is 11.5. The van der Waals surface area contributed by atoms with Gasteiger partial charge in [0.1, 0.15) is 0 Å². The highest BCUT2D eigenvalue weighted by molar-refractivity contribution is 9.10. The minimum atomic E-state index is -3.71. The van der Waals surface area contributed by atoms with Gasteiger partial charge in [-0.05, 0) is 49.2 Å². The summed E-state index contributed by atoms with van der Waals surface area (Å²) in [7, 11) is -2.32. The molecule has 2 rings (SSSR count). The van der Waals surface area contributed by atoms with Gasteiger partial charge in [-0.1, -0.05) is 34.1 Å². The quantitative estimate of drug-likeness (QED) is 0.821. The van der Waals surface area contributed by atoms with Crippen LogP contribution in [0.15, 0.2) is 51.8 Å². The predicted octanol–water partition coefficient (Wildman–Crippen LogP) is 3.33. The minimum absolute atomic E-state index is 0.146. The maximum atomic E-state index is 12.5. The number of benzene rings is 2. The van der Waals surface area contributed by atoms with Crippen molar-refractivity contribution in [2.75, 3.05) is 18.9 Å². The summed E-state index contributed by atoms with van der Waals surface area (Å²) < 4.78 is 26.8. The Morgan fingerprint density at radius 2 is 1.62 bits per heavy atom. The van der Waals surface area contributed by atoms with Crippen molar-refractivity contribution < 1.29 is 13.2 Å². The summed E-state index contributed by atoms with van der Waals surface area (Å²) in [6.07, 6.45) is 0. The van der Waals surface area contributed by atoms with Crippen molar-refractivity contribution in [1.82, 2.24) is 4.31 Å². The number of nitrogens with one attached hydrogen (secondary N) is 1. The van der Waals surface area contributed by atoms with Gasteiger partial charge in [0.15, 0.2) is 0 Å². The molecule has 0 aliphatic carbocycles. The number of hydrogen-bond acceptors (Lipinski definition) is 3. The zero-order valence-corrected chi connectivity index (χ0v) is 16.1. The van der Waals surface area contributed by atoms with Gasteiger partial charge >= 0.3 is 0 Å². The number of carbonyl (C=O) groups excluding carboxylic acids is 1. The molecule has 0 aromatic heterocycles. The highest BCUT2D eigenvalue weighted by Gasteiger charge is 2.23. The number of likely N-dealkylation sites (N-methyl/N-ethyl adjacent to an activating group) is 1. The van der Waals surface area contributed by atoms with Crippen molar-refractivity contribution in [1.29, 1.82) is 0 Å². The third-order valence-electron chi connectivity index (χ3n) is 3.63. The molecule has 1 N–H and O–H groups in total. The molecule has 0 radical (unpaired) electrons. The van der Waals surface area contributed by atoms with Gasteiger partial charge in [-0.3, -0.25) is 4.79 Å². The van der Waals surface area contributed by atoms with Crippen LogP contribution >= 0.6 is 15.9 Å². The molecule has 2 aromatic carbocycles. The molecule has 0 unspecified atom stereocenters. The van der Waals surface area contributed by atoms with Crippen LogP contribution < -0.4 is 5.32 Å². The van der Waals surface area contributed by atoms with Gasteiger partial charge < -0.3 is 5.32 Å². The lowest BCUT2D eigenvalue weighted by Gasteiger charge is -2.18. The zero-order valence-electron chi connectivity index (χ0n) is 13.7. The first-order valence-electron chi connectivity index (χ1n) is 7.30. The molecular weight excluding hydrogens is 392 g/mol. The summed E-state index contributed by atoms with van der Waals surface area (Å²) in [4.78, 5) is 12.4. The predicted molar refractivity (Wildman–Crippen MR) is 98.5 cm³/mol. The van der Waals surface area contributed by atoms with Crippen LogP contribution in [0.4, 0.5) is 5.69 Å². The van der Waals surface area contributed by atoms with Gasteiger partial charge in [0.2, 0.25) is 15.9 Å². The third kappa shape index (κ3) is 4.23. The molecule has 0 bridgehead atoms. The van der Waals surface area contributed by atoms with Gasteiger partial charge in [-0.2, -0.15) is 4.31 Å². The largest absolute Gasteiger partial charge is 0.324 e. The van der Waals surface area contributed by atoms with E-state index in [1.807, 2.05) is 32.0 Å². The van der Waals surface area contributed by atoms with E-state index in [-0.39, 0.29) is 17.3 Å². The molecule has 0 saturated carbocycles. The van der Waals surface area contributed by atoms with Crippen molar-refractivity contribution in [3.05, 3.63) is 58.1 Å². The standard InChI is InChI=1S/C17H19BrN2O3S/c1-12-5-4-6-13(2)17(12)19-16(21)11-20(3)24(22,23)15-9-7-14(18)8-10-15/h4-10H,11H2,1-3H3,(H,19,21). The van der Waals surface area contributed by atoms with Crippen LogP contribution in [-0.2, 0) is 14.8 Å². The van der Waals surface area contributed by atoms with Crippen molar-refractivity contribution in [2.45, 2.75) is 18.7 Å². The number of sulfonamides is 1. The highest BCUT2D eigenvalue weighted by Crippen LogP contribution is 2.20. The summed E-state index contributed by atoms with van der Waals surface area (Å²) in [5.41, 5.74) is 2.58. The average molecular weight is 411 g/mol. The van der Waals surface area contributed by atoms with E-state index in [4.69, 9.17) is 0 Å². The van der Waals surface area contributed by atoms with Gasteiger partial charge in [-0.25, -0.2) is 8.42 Å². The number of rotatable bonds is 5. The van der Waals surface area contributed by atoms with E-state index in [9.17, 15) is 13.2 Å². The number of para-hydroxylation sites is 1. The first-order chi connectivity index (χ1) is 11.2. The monoisotopic (exact) mass is 410 g/mol. The van der Waals surface area contributed by atoms with Crippen LogP contribution in [0.5, 0.6) is 0 Å². The Morgan fingerprint density at radius 1 is 1.08 bits per heavy atom. The van der Waals surface area contributed by atoms with Gasteiger partial charge in [0.05, 0.1) is 11.4 Å². The lowest BCUT2D eigenvalue weighted by Crippen LogP contribution is -2.35. The molecular formula is C17H19BrN2O3S. The molecule has 2 aromatic rings. The molecule has 5 nitrogen and oxygen atoms in total. The molecule has 0 aliphatic heterocycles. The number of halogens is 1. The Labute approximate surface area is 150 Å². The second-order valence-electron chi connectivity index (χ2n) is 5.53. The average Bonchev–Trinajstić information content (AvgIpc) is 2.51. The second-order valence-corrected chi connectivity index (χ2v) is 8.49. The van der Waals surface area contributed by atoms with Crippen molar-refractivity contribution in [3.8, 4) is 0 Å². The van der Waals surface area contributed by atoms with Crippen LogP contribution in [0, 0.1) is 13.8 Å². The van der Waals surface area contributed by atoms with Crippen LogP contribution in [0.3, 0.4) is 0 Å². The summed E-state index contributed by atoms with van der Waals surface area (Å²) in [5, 5.41) is 2.79. The van der Waals surface area contributed by atoms with E-state index in [1.54, 1.807) is 12.1 Å². The van der Waals surface area contributed by atoms with Crippen LogP contribution in [-0.4, -0.2) is 32.2 Å². The number of aryl methyl sites for hydroxylation is 2. The Balaban J connectivity index is 2.12. The van der Waals surface area contributed by atoms with Crippen molar-refractivity contribution in [3.63, 3.8) is 0 Å². The smallest absolute Gasteiger partial charge is 0.243 e. The number of anilines is 1. The summed E-state index contributed by atoms with van der Waals surface area (Å²) >= 11 is 3.27. The Hall–Kier alpha value is -1.70. The van der Waals surface area contributed by atoms with E-state index in [1.165, 1.54) is 19.2 Å². The molecule has 0 spiro atoms. The molecule has 0 aliphatic rings. The molecule has 0 fully saturated rings. The first-order valence-corrected chi connectivity index (χ1v) is 9.53. The number of hydrogen-bond donors (Lipinski definition) is 1. The fraction of sp³-hybridized carbons (Fsp3) is 0.235. The zero-order chi connectivity index (χ0) is 17.9. The second kappa shape index (κ2) is 7.46. The SMILES string of the molecule is Cc1cccc(C)c1NC(=O)CN(C)S(=O)(=O)c1ccc(Br)cc1. The lowest BCUT2D eigenvalue weighted by molar-refractivity contribution is -0.116. The number of amides is 1. The van der Waals surface area contributed by atoms with Gasteiger partial charge in [0.25, 0.3) is 0 Å². The summed E-state index contributed by atoms with van der Waals surface area (Å²) in [6, 6.07) is 12.0. The molecule has 128 valence electrons. The highest BCUT2D eigenvalue weighted by atomic mass is 79.9. The van der Waals surface area contributed by atoms with Gasteiger partial charge in [-0.15, -0.1) is 0 Å². The summed E-state index contributed by atoms with van der Waals surface area (Å²) in [6.45, 7) is 3.53. The van der Waals surface area contributed by atoms with E-state index in [0.29, 0.717) is 0 Å². The fourth-order valence-corrected chi connectivity index (χ4v) is 3.66. The molecule has 0 heterocycles. The third-order valence-corrected chi connectivity index (χ3v) is 5.98. The van der Waals surface area contributed by atoms with Crippen LogP contribution in [0.2, 0.25) is 0 Å². The molecule has 0 saturated heterocycles. The maximum absolute atomic E-state index is 12.5. The molecule has 24 heavy (non-hydrogen) atoms. The summed E-state index contributed by atoms with van der Waals surface area (Å²) in [5.74, 6) is -0.379. The molecule has 1 amide bonds. The Morgan fingerprint density at radius 3 is 2.17 bits per heavy atom. The number of nitrogens with zero attached hydrogens (tertiary/aromatic N) is 1. The van der Waals surface area contributed by atoms with Crippen LogP contribution in [0.1, 0.15) is 11.1 Å². The Kier molecular flexibility index (Phi) is 5.79. The van der Waals surface area contributed by atoms with Gasteiger partial charge in [0, 0.05) is 17.2 Å². The van der Waals surface area contributed by atoms with Crippen molar-refractivity contribution in [2.24, 2.45) is 0 Å². The first kappa shape index (κ1) is 18.6. The van der Waals surface area contributed by atoms with Crippen LogP contribution in [0.25, 0.3) is 0 Å². The van der Waals surface area contributed by atoms with E-state index in [2.05, 4.69) is 21.2 Å². The van der Waals surface area contributed by atoms with E-state index in [0.717, 1.165) is 25.6 Å². The fourth-order valence-electron chi connectivity index (χ4n) is 2.26. The number of carbonyl (C=O) groups is 1. The van der Waals surface area contributed by atoms with E-state index >= 15 is 0 Å². The maximum Gasteiger partial charge on any atom is 0.243 e. The minimum Gasteiger partial charge on any atom is -0.324 e. The topological polar surface area (TPSA) is 66.5 Å².